The number of nitrogens with one attached hydrogen (secondary N) is 1. The third kappa shape index (κ3) is 3.43. The van der Waals surface area contributed by atoms with Crippen molar-refractivity contribution in [3.05, 3.63) is 34.7 Å². The predicted octanol–water partition coefficient (Wildman–Crippen LogP) is 2.90. The number of aliphatic imine (C=N–C) groups is 1. The second-order valence-electron chi connectivity index (χ2n) is 5.92. The Morgan fingerprint density at radius 3 is 2.86 bits per heavy atom. The Balaban J connectivity index is 1.64. The lowest BCUT2D eigenvalue weighted by molar-refractivity contribution is 0.273. The quantitative estimate of drug-likeness (QED) is 0.658. The second kappa shape index (κ2) is 6.69. The fourth-order valence-electron chi connectivity index (χ4n) is 2.82. The van der Waals surface area contributed by atoms with E-state index in [0.29, 0.717) is 6.54 Å². The standard InChI is InChI=1S/C16H22BrN5/c1-12-5-7-21(8-6-12)16(18-2)19-9-14-11-22-10-13(17)3-4-15(22)20-14/h3-4,10-12H,5-9H2,1-2H3,(H,18,19). The molecule has 1 fully saturated rings. The fourth-order valence-corrected chi connectivity index (χ4v) is 3.18. The van der Waals surface area contributed by atoms with Crippen LogP contribution in [0.4, 0.5) is 0 Å². The molecule has 0 spiro atoms. The van der Waals surface area contributed by atoms with E-state index in [-0.39, 0.29) is 0 Å². The van der Waals surface area contributed by atoms with Crippen LogP contribution in [0.25, 0.3) is 5.65 Å². The predicted molar refractivity (Wildman–Crippen MR) is 93.1 cm³/mol. The zero-order valence-electron chi connectivity index (χ0n) is 13.1. The molecule has 3 rings (SSSR count). The Bertz CT molecular complexity index is 670. The summed E-state index contributed by atoms with van der Waals surface area (Å²) in [4.78, 5) is 11.4. The van der Waals surface area contributed by atoms with Crippen LogP contribution in [0.5, 0.6) is 0 Å². The average molecular weight is 364 g/mol. The molecule has 5 nitrogen and oxygen atoms in total. The first-order valence-corrected chi connectivity index (χ1v) is 8.54. The molecule has 6 heteroatoms. The van der Waals surface area contributed by atoms with Crippen molar-refractivity contribution in [3.8, 4) is 0 Å². The van der Waals surface area contributed by atoms with Gasteiger partial charge >= 0.3 is 0 Å². The molecule has 2 aromatic rings. The lowest BCUT2D eigenvalue weighted by Gasteiger charge is -2.32. The maximum atomic E-state index is 4.62. The molecule has 118 valence electrons. The van der Waals surface area contributed by atoms with Crippen molar-refractivity contribution in [2.45, 2.75) is 26.3 Å². The normalized spacial score (nSPS) is 17.2. The number of hydrogen-bond acceptors (Lipinski definition) is 2. The van der Waals surface area contributed by atoms with Crippen molar-refractivity contribution in [3.63, 3.8) is 0 Å². The van der Waals surface area contributed by atoms with Crippen molar-refractivity contribution >= 4 is 27.5 Å². The first-order valence-electron chi connectivity index (χ1n) is 7.74. The Morgan fingerprint density at radius 1 is 1.36 bits per heavy atom. The van der Waals surface area contributed by atoms with Crippen molar-refractivity contribution in [1.29, 1.82) is 0 Å². The van der Waals surface area contributed by atoms with Gasteiger partial charge in [0.2, 0.25) is 0 Å². The van der Waals surface area contributed by atoms with Gasteiger partial charge in [-0.25, -0.2) is 4.98 Å². The minimum Gasteiger partial charge on any atom is -0.351 e. The van der Waals surface area contributed by atoms with Gasteiger partial charge in [-0.05, 0) is 46.8 Å². The van der Waals surface area contributed by atoms with Crippen LogP contribution in [-0.2, 0) is 6.54 Å². The van der Waals surface area contributed by atoms with Crippen molar-refractivity contribution in [1.82, 2.24) is 19.6 Å². The molecule has 3 heterocycles. The number of fused-ring (bicyclic) bond motifs is 1. The van der Waals surface area contributed by atoms with Crippen molar-refractivity contribution in [2.75, 3.05) is 20.1 Å². The highest BCUT2D eigenvalue weighted by Crippen LogP contribution is 2.16. The summed E-state index contributed by atoms with van der Waals surface area (Å²) in [5.74, 6) is 1.80. The van der Waals surface area contributed by atoms with Gasteiger partial charge in [-0.15, -0.1) is 0 Å². The van der Waals surface area contributed by atoms with Gasteiger partial charge in [0, 0.05) is 37.0 Å². The van der Waals surface area contributed by atoms with Crippen molar-refractivity contribution < 1.29 is 0 Å². The summed E-state index contributed by atoms with van der Waals surface area (Å²) >= 11 is 3.48. The van der Waals surface area contributed by atoms with Crippen LogP contribution in [0, 0.1) is 5.92 Å². The highest BCUT2D eigenvalue weighted by atomic mass is 79.9. The number of imidazole rings is 1. The molecule has 0 atom stereocenters. The van der Waals surface area contributed by atoms with Crippen LogP contribution in [0.2, 0.25) is 0 Å². The first-order chi connectivity index (χ1) is 10.7. The zero-order valence-corrected chi connectivity index (χ0v) is 14.7. The summed E-state index contributed by atoms with van der Waals surface area (Å²) in [6.45, 7) is 5.18. The minimum atomic E-state index is 0.692. The SMILES string of the molecule is CN=C(NCc1cn2cc(Br)ccc2n1)N1CCC(C)CC1. The molecule has 0 radical (unpaired) electrons. The minimum absolute atomic E-state index is 0.692. The van der Waals surface area contributed by atoms with Gasteiger partial charge in [-0.3, -0.25) is 4.99 Å². The van der Waals surface area contributed by atoms with E-state index in [9.17, 15) is 0 Å². The summed E-state index contributed by atoms with van der Waals surface area (Å²) in [6, 6.07) is 4.02. The number of hydrogen-bond donors (Lipinski definition) is 1. The van der Waals surface area contributed by atoms with E-state index in [4.69, 9.17) is 0 Å². The number of likely N-dealkylation sites (tertiary alicyclic amines) is 1. The molecular formula is C16H22BrN5. The van der Waals surface area contributed by atoms with Gasteiger partial charge in [0.1, 0.15) is 5.65 Å². The Labute approximate surface area is 139 Å². The van der Waals surface area contributed by atoms with Crippen LogP contribution in [0.15, 0.2) is 34.0 Å². The lowest BCUT2D eigenvalue weighted by Crippen LogP contribution is -2.45. The van der Waals surface area contributed by atoms with Crippen LogP contribution in [0.1, 0.15) is 25.5 Å². The second-order valence-corrected chi connectivity index (χ2v) is 6.83. The number of piperidine rings is 1. The van der Waals surface area contributed by atoms with E-state index in [1.54, 1.807) is 0 Å². The topological polar surface area (TPSA) is 44.9 Å². The molecule has 0 amide bonds. The van der Waals surface area contributed by atoms with Crippen LogP contribution in [0.3, 0.4) is 0 Å². The van der Waals surface area contributed by atoms with Gasteiger partial charge in [0.05, 0.1) is 12.2 Å². The summed E-state index contributed by atoms with van der Waals surface area (Å²) in [5, 5.41) is 3.43. The lowest BCUT2D eigenvalue weighted by atomic mass is 10.00. The van der Waals surface area contributed by atoms with Gasteiger partial charge in [-0.2, -0.15) is 0 Å². The number of guanidine groups is 1. The summed E-state index contributed by atoms with van der Waals surface area (Å²) in [7, 11) is 1.85. The van der Waals surface area contributed by atoms with Gasteiger partial charge in [0.25, 0.3) is 0 Å². The molecule has 1 aliphatic heterocycles. The maximum Gasteiger partial charge on any atom is 0.193 e. The number of halogens is 1. The zero-order chi connectivity index (χ0) is 15.5. The van der Waals surface area contributed by atoms with Gasteiger partial charge < -0.3 is 14.6 Å². The van der Waals surface area contributed by atoms with Crippen LogP contribution in [-0.4, -0.2) is 40.4 Å². The van der Waals surface area contributed by atoms with E-state index < -0.39 is 0 Å². The monoisotopic (exact) mass is 363 g/mol. The van der Waals surface area contributed by atoms with Gasteiger partial charge in [0.15, 0.2) is 5.96 Å². The third-order valence-corrected chi connectivity index (χ3v) is 4.66. The Hall–Kier alpha value is -1.56. The number of rotatable bonds is 2. The maximum absolute atomic E-state index is 4.62. The van der Waals surface area contributed by atoms with E-state index in [1.165, 1.54) is 12.8 Å². The molecule has 0 aromatic carbocycles. The summed E-state index contributed by atoms with van der Waals surface area (Å²) in [6.07, 6.45) is 6.55. The average Bonchev–Trinajstić information content (AvgIpc) is 2.91. The van der Waals surface area contributed by atoms with Crippen molar-refractivity contribution in [2.24, 2.45) is 10.9 Å². The Morgan fingerprint density at radius 2 is 2.14 bits per heavy atom. The molecule has 0 aliphatic carbocycles. The number of pyridine rings is 1. The number of nitrogens with zero attached hydrogens (tertiary/aromatic N) is 4. The van der Waals surface area contributed by atoms with E-state index in [1.807, 2.05) is 29.8 Å². The molecule has 0 unspecified atom stereocenters. The highest BCUT2D eigenvalue weighted by Gasteiger charge is 2.18. The van der Waals surface area contributed by atoms with Gasteiger partial charge in [-0.1, -0.05) is 6.92 Å². The molecule has 0 bridgehead atoms. The molecule has 22 heavy (non-hydrogen) atoms. The Kier molecular flexibility index (Phi) is 4.66. The molecule has 1 aliphatic rings. The van der Waals surface area contributed by atoms with E-state index in [2.05, 4.69) is 49.2 Å². The third-order valence-electron chi connectivity index (χ3n) is 4.19. The van der Waals surface area contributed by atoms with E-state index in [0.717, 1.165) is 40.8 Å². The molecular weight excluding hydrogens is 342 g/mol. The van der Waals surface area contributed by atoms with E-state index >= 15 is 0 Å². The molecule has 1 saturated heterocycles. The van der Waals surface area contributed by atoms with Crippen LogP contribution < -0.4 is 5.32 Å². The summed E-state index contributed by atoms with van der Waals surface area (Å²) in [5.41, 5.74) is 1.98. The molecule has 0 saturated carbocycles. The molecule has 1 N–H and O–H groups in total. The number of aromatic nitrogens is 2. The highest BCUT2D eigenvalue weighted by molar-refractivity contribution is 9.10. The first kappa shape index (κ1) is 15.3. The fraction of sp³-hybridized carbons (Fsp3) is 0.500. The smallest absolute Gasteiger partial charge is 0.193 e. The largest absolute Gasteiger partial charge is 0.351 e. The van der Waals surface area contributed by atoms with Crippen LogP contribution >= 0.6 is 15.9 Å². The molecule has 2 aromatic heterocycles. The summed E-state index contributed by atoms with van der Waals surface area (Å²) < 4.78 is 3.09.